The standard InChI is InChI=1S/C25H23ClFN3O/c1-30-19(14-15-28-25(31)17-10-12-18(26)13-11-17)16-29-24(20-6-2-4-8-22(20)27)21-7-3-5-9-23(21)30/h2-13,19H,14-16H2,1H3,(H,28,31). The molecule has 1 heterocycles. The first-order chi connectivity index (χ1) is 15.0. The third-order valence-electron chi connectivity index (χ3n) is 5.55. The molecule has 1 unspecified atom stereocenters. The van der Waals surface area contributed by atoms with Crippen molar-refractivity contribution >= 4 is 28.9 Å². The van der Waals surface area contributed by atoms with E-state index >= 15 is 0 Å². The number of rotatable bonds is 5. The number of halogens is 2. The van der Waals surface area contributed by atoms with E-state index in [1.165, 1.54) is 6.07 Å². The summed E-state index contributed by atoms with van der Waals surface area (Å²) in [5, 5.41) is 3.56. The molecule has 1 amide bonds. The van der Waals surface area contributed by atoms with Crippen LogP contribution in [0.2, 0.25) is 5.02 Å². The molecular weight excluding hydrogens is 413 g/mol. The number of hydrogen-bond acceptors (Lipinski definition) is 3. The molecule has 3 aromatic rings. The fourth-order valence-corrected chi connectivity index (χ4v) is 3.93. The second-order valence-electron chi connectivity index (χ2n) is 7.50. The largest absolute Gasteiger partial charge is 0.369 e. The van der Waals surface area contributed by atoms with Gasteiger partial charge in [0.2, 0.25) is 0 Å². The Morgan fingerprint density at radius 2 is 1.74 bits per heavy atom. The van der Waals surface area contributed by atoms with E-state index in [-0.39, 0.29) is 17.8 Å². The van der Waals surface area contributed by atoms with E-state index in [1.54, 1.807) is 36.4 Å². The van der Waals surface area contributed by atoms with E-state index in [9.17, 15) is 9.18 Å². The molecule has 4 rings (SSSR count). The van der Waals surface area contributed by atoms with Crippen molar-refractivity contribution in [2.24, 2.45) is 4.99 Å². The second kappa shape index (κ2) is 9.31. The number of nitrogens with one attached hydrogen (secondary N) is 1. The molecule has 0 spiro atoms. The molecule has 1 atom stereocenters. The smallest absolute Gasteiger partial charge is 0.251 e. The fourth-order valence-electron chi connectivity index (χ4n) is 3.81. The number of carbonyl (C=O) groups is 1. The molecule has 0 radical (unpaired) electrons. The number of benzene rings is 3. The van der Waals surface area contributed by atoms with Crippen LogP contribution in [0.3, 0.4) is 0 Å². The summed E-state index contributed by atoms with van der Waals surface area (Å²) in [5.74, 6) is -0.420. The Hall–Kier alpha value is -3.18. The molecular formula is C25H23ClFN3O. The zero-order valence-corrected chi connectivity index (χ0v) is 17.9. The summed E-state index contributed by atoms with van der Waals surface area (Å²) >= 11 is 5.89. The van der Waals surface area contributed by atoms with E-state index < -0.39 is 0 Å². The first kappa shape index (κ1) is 21.1. The van der Waals surface area contributed by atoms with Gasteiger partial charge in [0.05, 0.1) is 12.3 Å². The van der Waals surface area contributed by atoms with Crippen LogP contribution >= 0.6 is 11.6 Å². The van der Waals surface area contributed by atoms with E-state index in [1.807, 2.05) is 37.4 Å². The first-order valence-electron chi connectivity index (χ1n) is 10.2. The summed E-state index contributed by atoms with van der Waals surface area (Å²) in [5.41, 5.74) is 3.64. The van der Waals surface area contributed by atoms with Crippen molar-refractivity contribution in [3.63, 3.8) is 0 Å². The fraction of sp³-hybridized carbons (Fsp3) is 0.200. The SMILES string of the molecule is CN1c2ccccc2C(c2ccccc2F)=NCC1CCNC(=O)c1ccc(Cl)cc1. The van der Waals surface area contributed by atoms with E-state index in [0.29, 0.717) is 41.4 Å². The van der Waals surface area contributed by atoms with Gasteiger partial charge in [-0.15, -0.1) is 0 Å². The van der Waals surface area contributed by atoms with Gasteiger partial charge in [0.25, 0.3) is 5.91 Å². The molecule has 31 heavy (non-hydrogen) atoms. The monoisotopic (exact) mass is 435 g/mol. The van der Waals surface area contributed by atoms with Gasteiger partial charge in [-0.2, -0.15) is 0 Å². The highest BCUT2D eigenvalue weighted by Crippen LogP contribution is 2.29. The maximum atomic E-state index is 14.5. The highest BCUT2D eigenvalue weighted by Gasteiger charge is 2.25. The minimum Gasteiger partial charge on any atom is -0.369 e. The zero-order chi connectivity index (χ0) is 21.8. The average molecular weight is 436 g/mol. The van der Waals surface area contributed by atoms with Gasteiger partial charge in [0.1, 0.15) is 5.82 Å². The molecule has 0 fully saturated rings. The number of nitrogens with zero attached hydrogens (tertiary/aromatic N) is 2. The highest BCUT2D eigenvalue weighted by molar-refractivity contribution is 6.30. The quantitative estimate of drug-likeness (QED) is 0.616. The molecule has 0 saturated carbocycles. The Labute approximate surface area is 186 Å². The van der Waals surface area contributed by atoms with E-state index in [2.05, 4.69) is 10.2 Å². The van der Waals surface area contributed by atoms with Crippen LogP contribution in [0.4, 0.5) is 10.1 Å². The van der Waals surface area contributed by atoms with Crippen LogP contribution < -0.4 is 10.2 Å². The summed E-state index contributed by atoms with van der Waals surface area (Å²) in [6.07, 6.45) is 0.707. The average Bonchev–Trinajstić information content (AvgIpc) is 2.92. The van der Waals surface area contributed by atoms with Gasteiger partial charge in [-0.05, 0) is 48.9 Å². The van der Waals surface area contributed by atoms with Gasteiger partial charge in [-0.1, -0.05) is 41.9 Å². The summed E-state index contributed by atoms with van der Waals surface area (Å²) in [6, 6.07) is 21.5. The Morgan fingerprint density at radius 1 is 1.06 bits per heavy atom. The molecule has 0 saturated heterocycles. The van der Waals surface area contributed by atoms with Crippen molar-refractivity contribution < 1.29 is 9.18 Å². The van der Waals surface area contributed by atoms with Crippen molar-refractivity contribution in [1.82, 2.24) is 5.32 Å². The molecule has 1 N–H and O–H groups in total. The number of carbonyl (C=O) groups excluding carboxylic acids is 1. The summed E-state index contributed by atoms with van der Waals surface area (Å²) in [7, 11) is 2.02. The molecule has 4 nitrogen and oxygen atoms in total. The Balaban J connectivity index is 1.52. The molecule has 0 bridgehead atoms. The Kier molecular flexibility index (Phi) is 6.33. The van der Waals surface area contributed by atoms with Crippen molar-refractivity contribution in [2.45, 2.75) is 12.5 Å². The second-order valence-corrected chi connectivity index (χ2v) is 7.94. The van der Waals surface area contributed by atoms with Gasteiger partial charge in [-0.3, -0.25) is 9.79 Å². The minimum atomic E-state index is -0.285. The molecule has 3 aromatic carbocycles. The Bertz CT molecular complexity index is 1110. The normalized spacial score (nSPS) is 15.6. The number of amides is 1. The first-order valence-corrected chi connectivity index (χ1v) is 10.6. The number of likely N-dealkylation sites (N-methyl/N-ethyl adjacent to an activating group) is 1. The van der Waals surface area contributed by atoms with Crippen molar-refractivity contribution in [1.29, 1.82) is 0 Å². The maximum absolute atomic E-state index is 14.5. The number of anilines is 1. The van der Waals surface area contributed by atoms with Gasteiger partial charge in [0, 0.05) is 47.0 Å². The molecule has 0 aliphatic carbocycles. The van der Waals surface area contributed by atoms with Crippen LogP contribution in [0, 0.1) is 5.82 Å². The van der Waals surface area contributed by atoms with E-state index in [4.69, 9.17) is 16.6 Å². The number of fused-ring (bicyclic) bond motifs is 1. The van der Waals surface area contributed by atoms with Gasteiger partial charge >= 0.3 is 0 Å². The number of benzodiazepines with no additional fused rings is 1. The lowest BCUT2D eigenvalue weighted by Crippen LogP contribution is -2.37. The predicted molar refractivity (Wildman–Crippen MR) is 124 cm³/mol. The maximum Gasteiger partial charge on any atom is 0.251 e. The van der Waals surface area contributed by atoms with Crippen molar-refractivity contribution in [3.8, 4) is 0 Å². The van der Waals surface area contributed by atoms with Crippen LogP contribution in [0.25, 0.3) is 0 Å². The number of para-hydroxylation sites is 1. The van der Waals surface area contributed by atoms with Crippen LogP contribution in [-0.2, 0) is 0 Å². The van der Waals surface area contributed by atoms with Gasteiger partial charge in [-0.25, -0.2) is 4.39 Å². The number of hydrogen-bond donors (Lipinski definition) is 1. The molecule has 6 heteroatoms. The third kappa shape index (κ3) is 4.62. The lowest BCUT2D eigenvalue weighted by molar-refractivity contribution is 0.0952. The lowest BCUT2D eigenvalue weighted by Gasteiger charge is -2.28. The highest BCUT2D eigenvalue weighted by atomic mass is 35.5. The summed E-state index contributed by atoms with van der Waals surface area (Å²) < 4.78 is 14.5. The Morgan fingerprint density at radius 3 is 2.48 bits per heavy atom. The zero-order valence-electron chi connectivity index (χ0n) is 17.2. The summed E-state index contributed by atoms with van der Waals surface area (Å²) in [6.45, 7) is 1.01. The molecule has 158 valence electrons. The van der Waals surface area contributed by atoms with E-state index in [0.717, 1.165) is 11.3 Å². The molecule has 1 aliphatic heterocycles. The minimum absolute atomic E-state index is 0.0657. The molecule has 0 aromatic heterocycles. The number of aliphatic imine (C=N–C) groups is 1. The molecule has 1 aliphatic rings. The van der Waals surface area contributed by atoms with Crippen molar-refractivity contribution in [3.05, 3.63) is 100 Å². The summed E-state index contributed by atoms with van der Waals surface area (Å²) in [4.78, 5) is 19.4. The van der Waals surface area contributed by atoms with Crippen LogP contribution in [0.5, 0.6) is 0 Å². The van der Waals surface area contributed by atoms with Crippen LogP contribution in [0.1, 0.15) is 27.9 Å². The third-order valence-corrected chi connectivity index (χ3v) is 5.80. The van der Waals surface area contributed by atoms with Crippen LogP contribution in [-0.4, -0.2) is 37.8 Å². The topological polar surface area (TPSA) is 44.7 Å². The lowest BCUT2D eigenvalue weighted by atomic mass is 10.00. The van der Waals surface area contributed by atoms with Gasteiger partial charge < -0.3 is 10.2 Å². The predicted octanol–water partition coefficient (Wildman–Crippen LogP) is 4.96. The van der Waals surface area contributed by atoms with Crippen molar-refractivity contribution in [2.75, 3.05) is 25.0 Å². The van der Waals surface area contributed by atoms with Gasteiger partial charge in [0.15, 0.2) is 0 Å². The van der Waals surface area contributed by atoms with Crippen LogP contribution in [0.15, 0.2) is 77.8 Å².